The zero-order valence-electron chi connectivity index (χ0n) is 12.8. The van der Waals surface area contributed by atoms with E-state index in [1.54, 1.807) is 24.3 Å². The van der Waals surface area contributed by atoms with Gasteiger partial charge in [-0.2, -0.15) is 0 Å². The van der Waals surface area contributed by atoms with Gasteiger partial charge >= 0.3 is 5.97 Å². The van der Waals surface area contributed by atoms with Crippen LogP contribution >= 0.6 is 23.4 Å². The number of nitro benzene ring substituents is 1. The summed E-state index contributed by atoms with van der Waals surface area (Å²) in [4.78, 5) is 33.6. The topological polar surface area (TPSA) is 113 Å². The van der Waals surface area contributed by atoms with Crippen LogP contribution in [0.4, 0.5) is 5.69 Å². The van der Waals surface area contributed by atoms with Crippen LogP contribution in [-0.2, 0) is 16.1 Å². The lowest BCUT2D eigenvalue weighted by atomic mass is 10.2. The number of nitrogens with zero attached hydrogens (tertiary/aromatic N) is 1. The molecular formula is C16H13ClN2O5S. The smallest absolute Gasteiger partial charge is 0.316 e. The van der Waals surface area contributed by atoms with Crippen molar-refractivity contribution in [3.8, 4) is 0 Å². The van der Waals surface area contributed by atoms with Crippen molar-refractivity contribution in [2.75, 3.05) is 5.75 Å². The van der Waals surface area contributed by atoms with Gasteiger partial charge in [-0.15, -0.1) is 11.8 Å². The molecular weight excluding hydrogens is 368 g/mol. The van der Waals surface area contributed by atoms with Gasteiger partial charge in [0.1, 0.15) is 6.61 Å². The molecule has 0 heterocycles. The molecule has 0 spiro atoms. The quantitative estimate of drug-likeness (QED) is 0.341. The molecule has 25 heavy (non-hydrogen) atoms. The van der Waals surface area contributed by atoms with E-state index in [0.29, 0.717) is 5.02 Å². The molecule has 0 aliphatic heterocycles. The fraction of sp³-hybridized carbons (Fsp3) is 0.125. The molecule has 0 aromatic heterocycles. The SMILES string of the molecule is NC(=O)c1ccc(SCC(=O)OCc2ccc(Cl)cc2)c([N+](=O)[O-])c1. The van der Waals surface area contributed by atoms with Crippen LogP contribution in [0.15, 0.2) is 47.4 Å². The van der Waals surface area contributed by atoms with Gasteiger partial charge < -0.3 is 10.5 Å². The van der Waals surface area contributed by atoms with E-state index < -0.39 is 16.8 Å². The van der Waals surface area contributed by atoms with Crippen molar-refractivity contribution in [3.05, 3.63) is 68.7 Å². The minimum atomic E-state index is -0.762. The maximum Gasteiger partial charge on any atom is 0.316 e. The molecule has 2 aromatic rings. The van der Waals surface area contributed by atoms with Crippen molar-refractivity contribution in [1.29, 1.82) is 0 Å². The van der Waals surface area contributed by atoms with Crippen molar-refractivity contribution in [2.24, 2.45) is 5.73 Å². The van der Waals surface area contributed by atoms with Gasteiger partial charge in [0.15, 0.2) is 0 Å². The molecule has 1 amide bonds. The van der Waals surface area contributed by atoms with Crippen molar-refractivity contribution < 1.29 is 19.2 Å². The molecule has 7 nitrogen and oxygen atoms in total. The van der Waals surface area contributed by atoms with E-state index in [1.807, 2.05) is 0 Å². The second-order valence-corrected chi connectivity index (χ2v) is 6.33. The average molecular weight is 381 g/mol. The average Bonchev–Trinajstić information content (AvgIpc) is 2.59. The van der Waals surface area contributed by atoms with Crippen LogP contribution in [0.2, 0.25) is 5.02 Å². The first-order valence-electron chi connectivity index (χ1n) is 6.98. The number of amides is 1. The number of carbonyl (C=O) groups is 2. The number of rotatable bonds is 7. The fourth-order valence-corrected chi connectivity index (χ4v) is 2.79. The van der Waals surface area contributed by atoms with Gasteiger partial charge in [-0.05, 0) is 29.8 Å². The molecule has 9 heteroatoms. The Morgan fingerprint density at radius 3 is 2.48 bits per heavy atom. The zero-order valence-corrected chi connectivity index (χ0v) is 14.4. The lowest BCUT2D eigenvalue weighted by Crippen LogP contribution is -2.11. The Labute approximate surface area is 152 Å². The van der Waals surface area contributed by atoms with Gasteiger partial charge in [0.05, 0.1) is 15.6 Å². The molecule has 0 bridgehead atoms. The molecule has 0 saturated heterocycles. The number of carbonyl (C=O) groups excluding carboxylic acids is 2. The predicted molar refractivity (Wildman–Crippen MR) is 93.6 cm³/mol. The van der Waals surface area contributed by atoms with Crippen LogP contribution < -0.4 is 5.73 Å². The summed E-state index contributed by atoms with van der Waals surface area (Å²) in [5.41, 5.74) is 5.63. The standard InChI is InChI=1S/C16H13ClN2O5S/c17-12-4-1-10(2-5-12)8-24-15(20)9-25-14-6-3-11(16(18)21)7-13(14)19(22)23/h1-7H,8-9H2,(H2,18,21). The first-order chi connectivity index (χ1) is 11.9. The third-order valence-electron chi connectivity index (χ3n) is 3.10. The van der Waals surface area contributed by atoms with Gasteiger partial charge in [0.2, 0.25) is 5.91 Å². The third kappa shape index (κ3) is 5.47. The maximum absolute atomic E-state index is 11.8. The van der Waals surface area contributed by atoms with Gasteiger partial charge in [0, 0.05) is 16.7 Å². The number of nitrogens with two attached hydrogens (primary N) is 1. The Morgan fingerprint density at radius 1 is 1.20 bits per heavy atom. The highest BCUT2D eigenvalue weighted by molar-refractivity contribution is 8.00. The largest absolute Gasteiger partial charge is 0.460 e. The van der Waals surface area contributed by atoms with E-state index in [-0.39, 0.29) is 28.5 Å². The molecule has 0 fully saturated rings. The third-order valence-corrected chi connectivity index (χ3v) is 4.39. The van der Waals surface area contributed by atoms with Crippen LogP contribution in [0.1, 0.15) is 15.9 Å². The van der Waals surface area contributed by atoms with Crippen LogP contribution in [0.5, 0.6) is 0 Å². The molecule has 0 atom stereocenters. The molecule has 0 saturated carbocycles. The lowest BCUT2D eigenvalue weighted by molar-refractivity contribution is -0.387. The summed E-state index contributed by atoms with van der Waals surface area (Å²) >= 11 is 6.72. The molecule has 0 radical (unpaired) electrons. The van der Waals surface area contributed by atoms with E-state index in [1.165, 1.54) is 12.1 Å². The number of benzene rings is 2. The summed E-state index contributed by atoms with van der Waals surface area (Å²) < 4.78 is 5.11. The summed E-state index contributed by atoms with van der Waals surface area (Å²) in [6, 6.07) is 10.7. The summed E-state index contributed by atoms with van der Waals surface area (Å²) in [5.74, 6) is -1.39. The summed E-state index contributed by atoms with van der Waals surface area (Å²) in [6.45, 7) is 0.0826. The number of thioether (sulfide) groups is 1. The van der Waals surface area contributed by atoms with E-state index in [4.69, 9.17) is 22.1 Å². The van der Waals surface area contributed by atoms with Gasteiger partial charge in [0.25, 0.3) is 5.69 Å². The number of halogens is 1. The minimum Gasteiger partial charge on any atom is -0.460 e. The highest BCUT2D eigenvalue weighted by Gasteiger charge is 2.18. The molecule has 0 aliphatic carbocycles. The van der Waals surface area contributed by atoms with Crippen molar-refractivity contribution >= 4 is 40.9 Å². The predicted octanol–water partition coefficient (Wildman–Crippen LogP) is 3.18. The second kappa shape index (κ2) is 8.50. The monoisotopic (exact) mass is 380 g/mol. The number of primary amides is 1. The Bertz CT molecular complexity index is 811. The van der Waals surface area contributed by atoms with Gasteiger partial charge in [-0.3, -0.25) is 19.7 Å². The van der Waals surface area contributed by atoms with Crippen molar-refractivity contribution in [1.82, 2.24) is 0 Å². The van der Waals surface area contributed by atoms with Crippen molar-refractivity contribution in [2.45, 2.75) is 11.5 Å². The Hall–Kier alpha value is -2.58. The highest BCUT2D eigenvalue weighted by Crippen LogP contribution is 2.30. The Kier molecular flexibility index (Phi) is 6.37. The van der Waals surface area contributed by atoms with E-state index in [2.05, 4.69) is 0 Å². The number of ether oxygens (including phenoxy) is 1. The Morgan fingerprint density at radius 2 is 1.88 bits per heavy atom. The maximum atomic E-state index is 11.8. The first kappa shape index (κ1) is 18.8. The number of nitro groups is 1. The fourth-order valence-electron chi connectivity index (χ4n) is 1.86. The normalized spacial score (nSPS) is 10.3. The number of hydrogen-bond acceptors (Lipinski definition) is 6. The van der Waals surface area contributed by atoms with Crippen LogP contribution in [0.25, 0.3) is 0 Å². The van der Waals surface area contributed by atoms with Crippen molar-refractivity contribution in [3.63, 3.8) is 0 Å². The minimum absolute atomic E-state index is 0.0290. The number of esters is 1. The summed E-state index contributed by atoms with van der Waals surface area (Å²) in [5, 5.41) is 11.7. The first-order valence-corrected chi connectivity index (χ1v) is 8.34. The van der Waals surface area contributed by atoms with E-state index in [9.17, 15) is 19.7 Å². The summed E-state index contributed by atoms with van der Waals surface area (Å²) in [7, 11) is 0. The highest BCUT2D eigenvalue weighted by atomic mass is 35.5. The van der Waals surface area contributed by atoms with Crippen LogP contribution in [0.3, 0.4) is 0 Å². The molecule has 0 aliphatic rings. The summed E-state index contributed by atoms with van der Waals surface area (Å²) in [6.07, 6.45) is 0. The van der Waals surface area contributed by atoms with Crippen LogP contribution in [0, 0.1) is 10.1 Å². The molecule has 0 unspecified atom stereocenters. The molecule has 2 aromatic carbocycles. The zero-order chi connectivity index (χ0) is 18.4. The Balaban J connectivity index is 1.95. The van der Waals surface area contributed by atoms with E-state index in [0.717, 1.165) is 23.4 Å². The molecule has 2 N–H and O–H groups in total. The second-order valence-electron chi connectivity index (χ2n) is 4.88. The number of hydrogen-bond donors (Lipinski definition) is 1. The van der Waals surface area contributed by atoms with Gasteiger partial charge in [-0.1, -0.05) is 23.7 Å². The van der Waals surface area contributed by atoms with Gasteiger partial charge in [-0.25, -0.2) is 0 Å². The lowest BCUT2D eigenvalue weighted by Gasteiger charge is -2.06. The molecule has 2 rings (SSSR count). The van der Waals surface area contributed by atoms with Crippen LogP contribution in [-0.4, -0.2) is 22.6 Å². The van der Waals surface area contributed by atoms with E-state index >= 15 is 0 Å². The molecule has 130 valence electrons.